The van der Waals surface area contributed by atoms with Crippen molar-refractivity contribution in [2.45, 2.75) is 25.4 Å². The van der Waals surface area contributed by atoms with Gasteiger partial charge in [0, 0.05) is 50.5 Å². The van der Waals surface area contributed by atoms with E-state index in [0.717, 1.165) is 61.8 Å². The Hall–Kier alpha value is -0.620. The summed E-state index contributed by atoms with van der Waals surface area (Å²) in [6.07, 6.45) is -1.75. The fourth-order valence-electron chi connectivity index (χ4n) is 3.26. The minimum Gasteiger partial charge on any atom is -0.381 e. The van der Waals surface area contributed by atoms with Crippen LogP contribution in [0.2, 0.25) is 0 Å². The molecule has 10 heteroatoms. The Morgan fingerprint density at radius 2 is 2.28 bits per heavy atom. The van der Waals surface area contributed by atoms with Crippen molar-refractivity contribution in [3.63, 3.8) is 0 Å². The number of thiazole rings is 1. The monoisotopic (exact) mass is 490 g/mol. The summed E-state index contributed by atoms with van der Waals surface area (Å²) in [5.41, 5.74) is -0.566. The standard InChI is InChI=1S/C15H21F3N4OS.HI/c1-19-13(22-6-3-14(9-22)4-7-23-10-14)20-5-2-12-21-11(8-24-12)15(16,17)18;/h8H,2-7,9-10H2,1H3,(H,19,20);1H. The van der Waals surface area contributed by atoms with Crippen LogP contribution in [0.15, 0.2) is 10.4 Å². The van der Waals surface area contributed by atoms with Gasteiger partial charge in [-0.25, -0.2) is 4.98 Å². The van der Waals surface area contributed by atoms with Crippen LogP contribution in [-0.4, -0.2) is 55.7 Å². The Morgan fingerprint density at radius 1 is 1.48 bits per heavy atom. The number of guanidine groups is 1. The highest BCUT2D eigenvalue weighted by atomic mass is 127. The smallest absolute Gasteiger partial charge is 0.381 e. The molecular weight excluding hydrogens is 468 g/mol. The van der Waals surface area contributed by atoms with Gasteiger partial charge in [0.15, 0.2) is 11.7 Å². The number of nitrogens with zero attached hydrogens (tertiary/aromatic N) is 3. The van der Waals surface area contributed by atoms with Crippen LogP contribution in [0, 0.1) is 5.41 Å². The SMILES string of the molecule is CN=C(NCCc1nc(C(F)(F)F)cs1)N1CCC2(CCOC2)C1.I. The molecule has 2 aliphatic heterocycles. The van der Waals surface area contributed by atoms with Crippen LogP contribution in [0.3, 0.4) is 0 Å². The lowest BCUT2D eigenvalue weighted by Gasteiger charge is -2.24. The van der Waals surface area contributed by atoms with Crippen LogP contribution in [0.5, 0.6) is 0 Å². The van der Waals surface area contributed by atoms with Crippen molar-refractivity contribution in [1.29, 1.82) is 0 Å². The molecule has 0 radical (unpaired) electrons. The van der Waals surface area contributed by atoms with Gasteiger partial charge < -0.3 is 15.0 Å². The van der Waals surface area contributed by atoms with Crippen LogP contribution in [-0.2, 0) is 17.3 Å². The first kappa shape index (κ1) is 20.7. The molecule has 1 atom stereocenters. The second kappa shape index (κ2) is 8.38. The maximum Gasteiger partial charge on any atom is 0.434 e. The molecule has 3 heterocycles. The molecule has 1 unspecified atom stereocenters. The lowest BCUT2D eigenvalue weighted by Crippen LogP contribution is -2.42. The summed E-state index contributed by atoms with van der Waals surface area (Å²) in [7, 11) is 1.73. The van der Waals surface area contributed by atoms with Gasteiger partial charge in [-0.2, -0.15) is 13.2 Å². The molecule has 2 aliphatic rings. The minimum absolute atomic E-state index is 0. The number of halogens is 4. The van der Waals surface area contributed by atoms with E-state index >= 15 is 0 Å². The first-order valence-electron chi connectivity index (χ1n) is 7.97. The van der Waals surface area contributed by atoms with Gasteiger partial charge in [-0.1, -0.05) is 0 Å². The minimum atomic E-state index is -4.37. The van der Waals surface area contributed by atoms with Crippen LogP contribution in [0.25, 0.3) is 0 Å². The Kier molecular flexibility index (Phi) is 6.94. The highest BCUT2D eigenvalue weighted by molar-refractivity contribution is 14.0. The molecule has 0 bridgehead atoms. The van der Waals surface area contributed by atoms with Gasteiger partial charge in [-0.05, 0) is 12.8 Å². The van der Waals surface area contributed by atoms with E-state index in [1.54, 1.807) is 7.05 Å². The highest BCUT2D eigenvalue weighted by Gasteiger charge is 2.42. The Morgan fingerprint density at radius 3 is 2.88 bits per heavy atom. The summed E-state index contributed by atoms with van der Waals surface area (Å²) >= 11 is 1.04. The first-order valence-corrected chi connectivity index (χ1v) is 8.85. The Labute approximate surface area is 166 Å². The van der Waals surface area contributed by atoms with Gasteiger partial charge in [0.05, 0.1) is 11.6 Å². The number of likely N-dealkylation sites (tertiary alicyclic amines) is 1. The molecule has 3 rings (SSSR count). The quantitative estimate of drug-likeness (QED) is 0.402. The van der Waals surface area contributed by atoms with Crippen molar-refractivity contribution < 1.29 is 17.9 Å². The lowest BCUT2D eigenvalue weighted by molar-refractivity contribution is -0.140. The van der Waals surface area contributed by atoms with E-state index in [4.69, 9.17) is 4.74 Å². The molecule has 0 saturated carbocycles. The third kappa shape index (κ3) is 4.97. The molecule has 0 aliphatic carbocycles. The van der Waals surface area contributed by atoms with E-state index < -0.39 is 11.9 Å². The average Bonchev–Trinajstić information content (AvgIpc) is 3.26. The molecule has 0 aromatic carbocycles. The summed E-state index contributed by atoms with van der Waals surface area (Å²) in [5, 5.41) is 4.78. The van der Waals surface area contributed by atoms with Crippen LogP contribution in [0.4, 0.5) is 13.2 Å². The van der Waals surface area contributed by atoms with Gasteiger partial charge in [-0.15, -0.1) is 35.3 Å². The van der Waals surface area contributed by atoms with Crippen molar-refractivity contribution in [2.24, 2.45) is 10.4 Å². The molecule has 2 saturated heterocycles. The fourth-order valence-corrected chi connectivity index (χ4v) is 4.06. The van der Waals surface area contributed by atoms with Crippen molar-refractivity contribution in [3.05, 3.63) is 16.1 Å². The maximum absolute atomic E-state index is 12.5. The Bertz CT molecular complexity index is 602. The van der Waals surface area contributed by atoms with Gasteiger partial charge in [0.1, 0.15) is 0 Å². The third-order valence-electron chi connectivity index (χ3n) is 4.60. The zero-order valence-electron chi connectivity index (χ0n) is 13.9. The number of hydrogen-bond acceptors (Lipinski definition) is 4. The number of aromatic nitrogens is 1. The molecule has 1 aromatic rings. The third-order valence-corrected chi connectivity index (χ3v) is 5.51. The van der Waals surface area contributed by atoms with E-state index in [2.05, 4.69) is 20.2 Å². The largest absolute Gasteiger partial charge is 0.434 e. The normalized spacial score (nSPS) is 24.0. The van der Waals surface area contributed by atoms with E-state index in [0.29, 0.717) is 18.0 Å². The molecule has 1 spiro atoms. The van der Waals surface area contributed by atoms with Gasteiger partial charge in [-0.3, -0.25) is 4.99 Å². The summed E-state index contributed by atoms with van der Waals surface area (Å²) < 4.78 is 43.2. The number of nitrogens with one attached hydrogen (secondary N) is 1. The van der Waals surface area contributed by atoms with Crippen LogP contribution < -0.4 is 5.32 Å². The second-order valence-corrected chi connectivity index (χ2v) is 7.27. The number of aliphatic imine (C=N–C) groups is 1. The lowest BCUT2D eigenvalue weighted by atomic mass is 9.87. The predicted molar refractivity (Wildman–Crippen MR) is 102 cm³/mol. The topological polar surface area (TPSA) is 49.8 Å². The zero-order valence-corrected chi connectivity index (χ0v) is 17.1. The number of rotatable bonds is 3. The molecule has 2 fully saturated rings. The van der Waals surface area contributed by atoms with E-state index in [-0.39, 0.29) is 29.4 Å². The zero-order chi connectivity index (χ0) is 17.2. The van der Waals surface area contributed by atoms with E-state index in [1.807, 2.05) is 0 Å². The van der Waals surface area contributed by atoms with Gasteiger partial charge >= 0.3 is 6.18 Å². The van der Waals surface area contributed by atoms with Crippen molar-refractivity contribution >= 4 is 41.3 Å². The molecular formula is C15H22F3IN4OS. The first-order chi connectivity index (χ1) is 11.4. The number of alkyl halides is 3. The van der Waals surface area contributed by atoms with Crippen molar-refractivity contribution in [2.75, 3.05) is 39.9 Å². The van der Waals surface area contributed by atoms with Gasteiger partial charge in [0.2, 0.25) is 0 Å². The molecule has 25 heavy (non-hydrogen) atoms. The summed E-state index contributed by atoms with van der Waals surface area (Å²) in [4.78, 5) is 10.1. The summed E-state index contributed by atoms with van der Waals surface area (Å²) in [5.74, 6) is 0.798. The molecule has 1 aromatic heterocycles. The summed E-state index contributed by atoms with van der Waals surface area (Å²) in [6.45, 7) is 3.99. The summed E-state index contributed by atoms with van der Waals surface area (Å²) in [6, 6.07) is 0. The van der Waals surface area contributed by atoms with Crippen LogP contribution in [0.1, 0.15) is 23.5 Å². The second-order valence-electron chi connectivity index (χ2n) is 6.32. The maximum atomic E-state index is 12.5. The van der Waals surface area contributed by atoms with Crippen molar-refractivity contribution in [3.8, 4) is 0 Å². The number of ether oxygens (including phenoxy) is 1. The van der Waals surface area contributed by atoms with Crippen LogP contribution >= 0.6 is 35.3 Å². The predicted octanol–water partition coefficient (Wildman–Crippen LogP) is 3.01. The average molecular weight is 490 g/mol. The van der Waals surface area contributed by atoms with E-state index in [1.165, 1.54) is 0 Å². The Balaban J connectivity index is 0.00000225. The van der Waals surface area contributed by atoms with Crippen molar-refractivity contribution in [1.82, 2.24) is 15.2 Å². The highest BCUT2D eigenvalue weighted by Crippen LogP contribution is 2.38. The fraction of sp³-hybridized carbons (Fsp3) is 0.733. The molecule has 142 valence electrons. The molecule has 1 N–H and O–H groups in total. The molecule has 5 nitrogen and oxygen atoms in total. The number of hydrogen-bond donors (Lipinski definition) is 1. The molecule has 0 amide bonds. The van der Waals surface area contributed by atoms with Gasteiger partial charge in [0.25, 0.3) is 0 Å². The van der Waals surface area contributed by atoms with E-state index in [9.17, 15) is 13.2 Å².